The maximum atomic E-state index is 12.8. The van der Waals surface area contributed by atoms with Crippen LogP contribution in [0.15, 0.2) is 29.6 Å². The first-order valence-corrected chi connectivity index (χ1v) is 11.1. The summed E-state index contributed by atoms with van der Waals surface area (Å²) in [6.07, 6.45) is 2.06. The fourth-order valence-electron chi connectivity index (χ4n) is 3.90. The standard InChI is InChI=1S/C22H25N5O3S/c1-13-24-16(12-31-13)10-18(28)27-9-3-4-15(11-27)22-25-19(20(26-22)21(23)29)14-5-7-17(30-2)8-6-14/h5-8,12,15H,3-4,9-11H2,1-2H3,(H2,23,29)(H,25,26). The molecule has 4 rings (SSSR count). The van der Waals surface area contributed by atoms with Crippen LogP contribution >= 0.6 is 11.3 Å². The van der Waals surface area contributed by atoms with E-state index in [4.69, 9.17) is 15.5 Å². The Labute approximate surface area is 184 Å². The summed E-state index contributed by atoms with van der Waals surface area (Å²) in [4.78, 5) is 38.9. The number of primary amides is 1. The van der Waals surface area contributed by atoms with Crippen molar-refractivity contribution in [1.29, 1.82) is 0 Å². The number of nitrogens with zero attached hydrogens (tertiary/aromatic N) is 3. The highest BCUT2D eigenvalue weighted by Crippen LogP contribution is 2.30. The summed E-state index contributed by atoms with van der Waals surface area (Å²) >= 11 is 1.55. The molecule has 3 aromatic rings. The molecule has 0 radical (unpaired) electrons. The quantitative estimate of drug-likeness (QED) is 0.613. The van der Waals surface area contributed by atoms with Gasteiger partial charge < -0.3 is 20.4 Å². The van der Waals surface area contributed by atoms with Gasteiger partial charge >= 0.3 is 0 Å². The number of carbonyl (C=O) groups is 2. The molecule has 9 heteroatoms. The van der Waals surface area contributed by atoms with Crippen LogP contribution in [0.1, 0.15) is 45.8 Å². The number of imidazole rings is 1. The molecule has 1 aliphatic heterocycles. The number of H-pyrrole nitrogens is 1. The van der Waals surface area contributed by atoms with Crippen molar-refractivity contribution < 1.29 is 14.3 Å². The Balaban J connectivity index is 1.54. The molecule has 3 heterocycles. The van der Waals surface area contributed by atoms with Crippen molar-refractivity contribution in [1.82, 2.24) is 19.9 Å². The Morgan fingerprint density at radius 1 is 1.29 bits per heavy atom. The highest BCUT2D eigenvalue weighted by molar-refractivity contribution is 7.09. The number of methoxy groups -OCH3 is 1. The number of nitrogens with two attached hydrogens (primary N) is 1. The first-order chi connectivity index (χ1) is 14.9. The van der Waals surface area contributed by atoms with Gasteiger partial charge in [-0.1, -0.05) is 0 Å². The number of amides is 2. The van der Waals surface area contributed by atoms with Crippen LogP contribution in [0.3, 0.4) is 0 Å². The number of ether oxygens (including phenoxy) is 1. The number of likely N-dealkylation sites (tertiary alicyclic amines) is 1. The van der Waals surface area contributed by atoms with Crippen molar-refractivity contribution in [2.45, 2.75) is 32.1 Å². The second kappa shape index (κ2) is 8.89. The van der Waals surface area contributed by atoms with Gasteiger partial charge in [-0.05, 0) is 44.0 Å². The first kappa shape index (κ1) is 21.0. The third-order valence-electron chi connectivity index (χ3n) is 5.49. The van der Waals surface area contributed by atoms with E-state index >= 15 is 0 Å². The molecule has 1 saturated heterocycles. The Bertz CT molecular complexity index is 1090. The van der Waals surface area contributed by atoms with E-state index in [1.807, 2.05) is 41.5 Å². The molecular formula is C22H25N5O3S. The zero-order chi connectivity index (χ0) is 22.0. The topological polar surface area (TPSA) is 114 Å². The molecule has 0 spiro atoms. The van der Waals surface area contributed by atoms with Crippen molar-refractivity contribution >= 4 is 23.2 Å². The maximum Gasteiger partial charge on any atom is 0.267 e. The van der Waals surface area contributed by atoms with E-state index < -0.39 is 5.91 Å². The minimum Gasteiger partial charge on any atom is -0.497 e. The van der Waals surface area contributed by atoms with E-state index in [1.165, 1.54) is 0 Å². The fourth-order valence-corrected chi connectivity index (χ4v) is 4.52. The van der Waals surface area contributed by atoms with Gasteiger partial charge in [0.2, 0.25) is 5.91 Å². The monoisotopic (exact) mass is 439 g/mol. The van der Waals surface area contributed by atoms with Crippen molar-refractivity contribution in [3.8, 4) is 17.0 Å². The summed E-state index contributed by atoms with van der Waals surface area (Å²) in [5.74, 6) is 0.915. The molecule has 8 nitrogen and oxygen atoms in total. The Morgan fingerprint density at radius 2 is 2.06 bits per heavy atom. The Kier molecular flexibility index (Phi) is 6.03. The number of benzene rings is 1. The molecule has 162 valence electrons. The largest absolute Gasteiger partial charge is 0.497 e. The predicted octanol–water partition coefficient (Wildman–Crippen LogP) is 2.90. The number of piperidine rings is 1. The van der Waals surface area contributed by atoms with Crippen molar-refractivity contribution in [2.24, 2.45) is 5.73 Å². The van der Waals surface area contributed by atoms with Gasteiger partial charge in [0.05, 0.1) is 24.2 Å². The molecule has 31 heavy (non-hydrogen) atoms. The third-order valence-corrected chi connectivity index (χ3v) is 6.31. The van der Waals surface area contributed by atoms with Gasteiger partial charge in [-0.3, -0.25) is 9.59 Å². The molecule has 1 aliphatic rings. The maximum absolute atomic E-state index is 12.8. The zero-order valence-electron chi connectivity index (χ0n) is 17.6. The van der Waals surface area contributed by atoms with Crippen LogP contribution < -0.4 is 10.5 Å². The second-order valence-corrected chi connectivity index (χ2v) is 8.71. The van der Waals surface area contributed by atoms with E-state index in [1.54, 1.807) is 18.4 Å². The minimum absolute atomic E-state index is 0.0139. The smallest absolute Gasteiger partial charge is 0.267 e. The van der Waals surface area contributed by atoms with Crippen LogP contribution in [-0.4, -0.2) is 51.9 Å². The zero-order valence-corrected chi connectivity index (χ0v) is 18.4. The molecule has 0 bridgehead atoms. The lowest BCUT2D eigenvalue weighted by Crippen LogP contribution is -2.40. The summed E-state index contributed by atoms with van der Waals surface area (Å²) in [7, 11) is 1.60. The van der Waals surface area contributed by atoms with Crippen LogP contribution in [0.4, 0.5) is 0 Å². The number of nitrogens with one attached hydrogen (secondary N) is 1. The number of rotatable bonds is 6. The highest BCUT2D eigenvalue weighted by atomic mass is 32.1. The summed E-state index contributed by atoms with van der Waals surface area (Å²) < 4.78 is 5.20. The van der Waals surface area contributed by atoms with E-state index in [9.17, 15) is 9.59 Å². The number of aromatic nitrogens is 3. The number of aryl methyl sites for hydroxylation is 1. The summed E-state index contributed by atoms with van der Waals surface area (Å²) in [6, 6.07) is 7.32. The lowest BCUT2D eigenvalue weighted by Gasteiger charge is -2.31. The van der Waals surface area contributed by atoms with E-state index in [0.717, 1.165) is 34.9 Å². The average Bonchev–Trinajstić information content (AvgIpc) is 3.40. The van der Waals surface area contributed by atoms with E-state index in [0.29, 0.717) is 31.0 Å². The van der Waals surface area contributed by atoms with Gasteiger partial charge in [-0.2, -0.15) is 0 Å². The van der Waals surface area contributed by atoms with Crippen molar-refractivity contribution in [3.63, 3.8) is 0 Å². The summed E-state index contributed by atoms with van der Waals surface area (Å²) in [5.41, 5.74) is 8.00. The molecule has 2 amide bonds. The predicted molar refractivity (Wildman–Crippen MR) is 118 cm³/mol. The highest BCUT2D eigenvalue weighted by Gasteiger charge is 2.29. The van der Waals surface area contributed by atoms with E-state index in [-0.39, 0.29) is 17.5 Å². The van der Waals surface area contributed by atoms with Crippen molar-refractivity contribution in [3.05, 3.63) is 51.9 Å². The molecule has 2 aromatic heterocycles. The second-order valence-electron chi connectivity index (χ2n) is 7.65. The Morgan fingerprint density at radius 3 is 2.71 bits per heavy atom. The number of carbonyl (C=O) groups excluding carboxylic acids is 2. The average molecular weight is 440 g/mol. The van der Waals surface area contributed by atoms with Crippen LogP contribution in [-0.2, 0) is 11.2 Å². The van der Waals surface area contributed by atoms with Crippen LogP contribution in [0.5, 0.6) is 5.75 Å². The Hall–Kier alpha value is -3.20. The van der Waals surface area contributed by atoms with Gasteiger partial charge in [-0.15, -0.1) is 11.3 Å². The normalized spacial score (nSPS) is 16.3. The number of thiazole rings is 1. The summed E-state index contributed by atoms with van der Waals surface area (Å²) in [5, 5.41) is 2.89. The third kappa shape index (κ3) is 4.61. The van der Waals surface area contributed by atoms with Crippen LogP contribution in [0.2, 0.25) is 0 Å². The molecule has 0 aliphatic carbocycles. The fraction of sp³-hybridized carbons (Fsp3) is 0.364. The molecule has 1 unspecified atom stereocenters. The number of hydrogen-bond donors (Lipinski definition) is 2. The lowest BCUT2D eigenvalue weighted by atomic mass is 9.97. The molecule has 3 N–H and O–H groups in total. The first-order valence-electron chi connectivity index (χ1n) is 10.2. The SMILES string of the molecule is COc1ccc(-c2nc(C3CCCN(C(=O)Cc4csc(C)n4)C3)[nH]c2C(N)=O)cc1. The summed E-state index contributed by atoms with van der Waals surface area (Å²) in [6.45, 7) is 3.20. The van der Waals surface area contributed by atoms with Gasteiger partial charge in [0.15, 0.2) is 0 Å². The number of hydrogen-bond acceptors (Lipinski definition) is 6. The van der Waals surface area contributed by atoms with Crippen LogP contribution in [0.25, 0.3) is 11.3 Å². The molecule has 1 fully saturated rings. The molecule has 0 saturated carbocycles. The van der Waals surface area contributed by atoms with Gasteiger partial charge in [0.25, 0.3) is 5.91 Å². The van der Waals surface area contributed by atoms with Gasteiger partial charge in [0, 0.05) is 30.0 Å². The molecule has 1 atom stereocenters. The van der Waals surface area contributed by atoms with E-state index in [2.05, 4.69) is 9.97 Å². The number of aromatic amines is 1. The minimum atomic E-state index is -0.563. The van der Waals surface area contributed by atoms with Gasteiger partial charge in [-0.25, -0.2) is 9.97 Å². The molecular weight excluding hydrogens is 414 g/mol. The lowest BCUT2D eigenvalue weighted by molar-refractivity contribution is -0.131. The van der Waals surface area contributed by atoms with Crippen LogP contribution in [0, 0.1) is 6.92 Å². The molecule has 1 aromatic carbocycles. The van der Waals surface area contributed by atoms with Gasteiger partial charge in [0.1, 0.15) is 23.0 Å². The van der Waals surface area contributed by atoms with Crippen molar-refractivity contribution in [2.75, 3.05) is 20.2 Å².